The summed E-state index contributed by atoms with van der Waals surface area (Å²) in [5.74, 6) is -0.705. The first kappa shape index (κ1) is 13.2. The fourth-order valence-corrected chi connectivity index (χ4v) is 4.30. The molecule has 1 aromatic heterocycles. The predicted octanol–water partition coefficient (Wildman–Crippen LogP) is 0.797. The Kier molecular flexibility index (Phi) is 3.24. The Balaban J connectivity index is 2.49. The van der Waals surface area contributed by atoms with Crippen LogP contribution in [-0.4, -0.2) is 26.6 Å². The van der Waals surface area contributed by atoms with Gasteiger partial charge in [0.25, 0.3) is 5.91 Å². The summed E-state index contributed by atoms with van der Waals surface area (Å²) in [7, 11) is -3.49. The van der Waals surface area contributed by atoms with Gasteiger partial charge in [0.1, 0.15) is 14.8 Å². The number of carbonyl (C=O) groups excluding carboxylic acids is 1. The van der Waals surface area contributed by atoms with Crippen molar-refractivity contribution >= 4 is 37.8 Å². The van der Waals surface area contributed by atoms with E-state index in [4.69, 9.17) is 11.5 Å². The molecule has 1 aromatic rings. The number of anilines is 2. The van der Waals surface area contributed by atoms with E-state index in [1.54, 1.807) is 0 Å². The van der Waals surface area contributed by atoms with E-state index in [-0.39, 0.29) is 21.5 Å². The molecule has 2 rings (SSSR count). The lowest BCUT2D eigenvalue weighted by Gasteiger charge is -2.27. The van der Waals surface area contributed by atoms with E-state index in [9.17, 15) is 13.2 Å². The number of hydrogen-bond donors (Lipinski definition) is 3. The second-order valence-corrected chi connectivity index (χ2v) is 7.38. The molecule has 0 spiro atoms. The number of primary amides is 1. The fourth-order valence-electron chi connectivity index (χ4n) is 1.81. The quantitative estimate of drug-likeness (QED) is 0.758. The second-order valence-electron chi connectivity index (χ2n) is 4.41. The molecule has 0 saturated heterocycles. The molecule has 1 aliphatic carbocycles. The van der Waals surface area contributed by atoms with Gasteiger partial charge < -0.3 is 16.8 Å². The monoisotopic (exact) mass is 289 g/mol. The summed E-state index contributed by atoms with van der Waals surface area (Å²) < 4.78 is 23.5. The molecule has 1 heterocycles. The van der Waals surface area contributed by atoms with Gasteiger partial charge in [-0.25, -0.2) is 8.42 Å². The van der Waals surface area contributed by atoms with Crippen molar-refractivity contribution in [1.82, 2.24) is 0 Å². The first-order valence-corrected chi connectivity index (χ1v) is 8.20. The zero-order chi connectivity index (χ0) is 13.5. The molecular formula is C10H15N3O3S2. The second kappa shape index (κ2) is 4.43. The van der Waals surface area contributed by atoms with Gasteiger partial charge in [-0.05, 0) is 19.3 Å². The van der Waals surface area contributed by atoms with E-state index in [0.717, 1.165) is 36.9 Å². The van der Waals surface area contributed by atoms with Gasteiger partial charge in [0.15, 0.2) is 9.84 Å². The Hall–Kier alpha value is -1.28. The van der Waals surface area contributed by atoms with Gasteiger partial charge in [-0.3, -0.25) is 4.79 Å². The molecular weight excluding hydrogens is 274 g/mol. The Bertz CT molecular complexity index is 588. The Morgan fingerprint density at radius 1 is 1.44 bits per heavy atom. The molecule has 8 heteroatoms. The van der Waals surface area contributed by atoms with E-state index in [0.29, 0.717) is 5.00 Å². The van der Waals surface area contributed by atoms with Gasteiger partial charge in [0, 0.05) is 12.3 Å². The third kappa shape index (κ3) is 2.30. The smallest absolute Gasteiger partial charge is 0.261 e. The lowest BCUT2D eigenvalue weighted by Crippen LogP contribution is -2.27. The van der Waals surface area contributed by atoms with Crippen LogP contribution in [0.15, 0.2) is 4.90 Å². The molecule has 100 valence electrons. The first-order valence-electron chi connectivity index (χ1n) is 5.49. The van der Waals surface area contributed by atoms with Crippen LogP contribution in [0, 0.1) is 0 Å². The number of nitrogens with one attached hydrogen (secondary N) is 1. The molecule has 1 saturated carbocycles. The molecule has 1 aliphatic rings. The van der Waals surface area contributed by atoms with Crippen LogP contribution in [0.5, 0.6) is 0 Å². The summed E-state index contributed by atoms with van der Waals surface area (Å²) in [5.41, 5.74) is 10.9. The zero-order valence-corrected chi connectivity index (χ0v) is 11.5. The van der Waals surface area contributed by atoms with Crippen LogP contribution in [0.25, 0.3) is 0 Å². The maximum atomic E-state index is 11.7. The number of carbonyl (C=O) groups is 1. The largest absolute Gasteiger partial charge is 0.396 e. The van der Waals surface area contributed by atoms with E-state index < -0.39 is 15.7 Å². The number of rotatable bonds is 4. The highest BCUT2D eigenvalue weighted by molar-refractivity contribution is 7.91. The Morgan fingerprint density at radius 3 is 2.44 bits per heavy atom. The number of nitrogen functional groups attached to an aromatic ring is 1. The molecule has 6 nitrogen and oxygen atoms in total. The van der Waals surface area contributed by atoms with Crippen molar-refractivity contribution in [2.75, 3.05) is 17.3 Å². The van der Waals surface area contributed by atoms with Crippen LogP contribution < -0.4 is 16.8 Å². The number of sulfone groups is 1. The number of nitrogens with two attached hydrogens (primary N) is 2. The van der Waals surface area contributed by atoms with Crippen LogP contribution in [0.1, 0.15) is 28.9 Å². The average Bonchev–Trinajstić information content (AvgIpc) is 2.48. The first-order chi connectivity index (χ1) is 8.30. The van der Waals surface area contributed by atoms with Crippen LogP contribution in [0.3, 0.4) is 0 Å². The zero-order valence-electron chi connectivity index (χ0n) is 9.89. The lowest BCUT2D eigenvalue weighted by atomic mass is 9.93. The summed E-state index contributed by atoms with van der Waals surface area (Å²) in [5, 5.41) is 3.55. The summed E-state index contributed by atoms with van der Waals surface area (Å²) in [6.45, 7) is 0. The third-order valence-corrected chi connectivity index (χ3v) is 5.38. The van der Waals surface area contributed by atoms with E-state index in [2.05, 4.69) is 5.32 Å². The van der Waals surface area contributed by atoms with Gasteiger partial charge in [-0.1, -0.05) is 0 Å². The summed E-state index contributed by atoms with van der Waals surface area (Å²) in [6.07, 6.45) is 4.18. The van der Waals surface area contributed by atoms with Crippen molar-refractivity contribution in [2.24, 2.45) is 5.73 Å². The van der Waals surface area contributed by atoms with Crippen molar-refractivity contribution in [3.05, 3.63) is 4.88 Å². The molecule has 0 aliphatic heterocycles. The van der Waals surface area contributed by atoms with Gasteiger partial charge in [0.05, 0.1) is 5.69 Å². The Morgan fingerprint density at radius 2 is 2.06 bits per heavy atom. The van der Waals surface area contributed by atoms with Crippen molar-refractivity contribution in [2.45, 2.75) is 30.2 Å². The minimum Gasteiger partial charge on any atom is -0.396 e. The average molecular weight is 289 g/mol. The van der Waals surface area contributed by atoms with Crippen LogP contribution in [0.2, 0.25) is 0 Å². The minimum absolute atomic E-state index is 0.00630. The van der Waals surface area contributed by atoms with Crippen molar-refractivity contribution in [3.8, 4) is 0 Å². The van der Waals surface area contributed by atoms with E-state index in [1.165, 1.54) is 0 Å². The molecule has 0 unspecified atom stereocenters. The summed E-state index contributed by atoms with van der Waals surface area (Å²) in [4.78, 5) is 11.3. The number of hydrogen-bond acceptors (Lipinski definition) is 6. The molecule has 5 N–H and O–H groups in total. The highest BCUT2D eigenvalue weighted by Gasteiger charge is 2.28. The normalized spacial score (nSPS) is 16.3. The van der Waals surface area contributed by atoms with Gasteiger partial charge in [0.2, 0.25) is 0 Å². The molecule has 1 fully saturated rings. The standard InChI is InChI=1S/C10H15N3O3S2/c1-18(15,16)8-6(11)7(9(12)14)17-10(8)13-5-3-2-4-5/h5,13H,2-4,11H2,1H3,(H2,12,14). The summed E-state index contributed by atoms with van der Waals surface area (Å²) >= 11 is 1.01. The van der Waals surface area contributed by atoms with Crippen LogP contribution >= 0.6 is 11.3 Å². The molecule has 18 heavy (non-hydrogen) atoms. The highest BCUT2D eigenvalue weighted by Crippen LogP contribution is 2.40. The molecule has 0 aromatic carbocycles. The highest BCUT2D eigenvalue weighted by atomic mass is 32.2. The molecule has 0 radical (unpaired) electrons. The molecule has 0 bridgehead atoms. The summed E-state index contributed by atoms with van der Waals surface area (Å²) in [6, 6.07) is 0.254. The maximum Gasteiger partial charge on any atom is 0.261 e. The van der Waals surface area contributed by atoms with E-state index >= 15 is 0 Å². The van der Waals surface area contributed by atoms with Gasteiger partial charge in [-0.15, -0.1) is 11.3 Å². The molecule has 0 atom stereocenters. The van der Waals surface area contributed by atoms with E-state index in [1.807, 2.05) is 0 Å². The SMILES string of the molecule is CS(=O)(=O)c1c(NC2CCC2)sc(C(N)=O)c1N. The number of amides is 1. The van der Waals surface area contributed by atoms with Gasteiger partial charge >= 0.3 is 0 Å². The fraction of sp³-hybridized carbons (Fsp3) is 0.500. The van der Waals surface area contributed by atoms with Crippen LogP contribution in [0.4, 0.5) is 10.7 Å². The minimum atomic E-state index is -3.49. The predicted molar refractivity (Wildman–Crippen MR) is 71.6 cm³/mol. The van der Waals surface area contributed by atoms with Crippen molar-refractivity contribution < 1.29 is 13.2 Å². The van der Waals surface area contributed by atoms with Crippen molar-refractivity contribution in [1.29, 1.82) is 0 Å². The molecule has 1 amide bonds. The number of thiophene rings is 1. The van der Waals surface area contributed by atoms with Crippen LogP contribution in [-0.2, 0) is 9.84 Å². The van der Waals surface area contributed by atoms with Gasteiger partial charge in [-0.2, -0.15) is 0 Å². The van der Waals surface area contributed by atoms with Crippen molar-refractivity contribution in [3.63, 3.8) is 0 Å². The Labute approximate surface area is 109 Å². The lowest BCUT2D eigenvalue weighted by molar-refractivity contribution is 0.100. The maximum absolute atomic E-state index is 11.7. The third-order valence-electron chi connectivity index (χ3n) is 2.93. The topological polar surface area (TPSA) is 115 Å².